The van der Waals surface area contributed by atoms with Crippen molar-refractivity contribution in [2.75, 3.05) is 5.32 Å². The summed E-state index contributed by atoms with van der Waals surface area (Å²) in [6.45, 7) is 5.86. The molecule has 0 spiro atoms. The number of aromatic nitrogens is 2. The first-order valence-electron chi connectivity index (χ1n) is 10.8. The lowest BCUT2D eigenvalue weighted by atomic mass is 9.75. The van der Waals surface area contributed by atoms with Gasteiger partial charge in [-0.2, -0.15) is 5.10 Å². The monoisotopic (exact) mass is 455 g/mol. The largest absolute Gasteiger partial charge is 0.366 e. The third-order valence-corrected chi connectivity index (χ3v) is 5.69. The summed E-state index contributed by atoms with van der Waals surface area (Å²) in [7, 11) is 0. The number of primary amides is 1. The van der Waals surface area contributed by atoms with Crippen LogP contribution in [0, 0.1) is 12.3 Å². The van der Waals surface area contributed by atoms with Gasteiger partial charge in [-0.05, 0) is 49.8 Å². The number of amides is 3. The summed E-state index contributed by atoms with van der Waals surface area (Å²) in [4.78, 5) is 48.1. The Morgan fingerprint density at radius 1 is 1.15 bits per heavy atom. The molecule has 3 amide bonds. The van der Waals surface area contributed by atoms with E-state index in [9.17, 15) is 19.2 Å². The zero-order valence-corrected chi connectivity index (χ0v) is 19.0. The molecule has 0 saturated carbocycles. The Labute approximate surface area is 191 Å². The average molecular weight is 456 g/mol. The standard InChI is InChI=1S/C23H29N5O5/c1-13-21-17(11-23(2,3)12-18(21)29)28(26-13)14-8-9-15(22(24)32)16(10-14)25-19(30)6-4-5-7-20(31)27-33/h8-10,33H,4-7,11-12H2,1-3H3,(H2,24,32)(H,25,30)(H,27,31). The molecule has 176 valence electrons. The molecule has 1 heterocycles. The van der Waals surface area contributed by atoms with Crippen molar-refractivity contribution >= 4 is 29.2 Å². The minimum Gasteiger partial charge on any atom is -0.366 e. The fourth-order valence-corrected chi connectivity index (χ4v) is 4.18. The number of aryl methyl sites for hydroxylation is 1. The van der Waals surface area contributed by atoms with Gasteiger partial charge in [0, 0.05) is 19.3 Å². The second-order valence-corrected chi connectivity index (χ2v) is 9.14. The highest BCUT2D eigenvalue weighted by atomic mass is 16.5. The van der Waals surface area contributed by atoms with Crippen LogP contribution in [0.2, 0.25) is 0 Å². The zero-order valence-electron chi connectivity index (χ0n) is 19.0. The zero-order chi connectivity index (χ0) is 24.3. The molecule has 2 aromatic rings. The van der Waals surface area contributed by atoms with Crippen molar-refractivity contribution in [3.63, 3.8) is 0 Å². The van der Waals surface area contributed by atoms with Gasteiger partial charge in [-0.15, -0.1) is 0 Å². The van der Waals surface area contributed by atoms with Crippen LogP contribution in [0.5, 0.6) is 0 Å². The molecule has 1 aliphatic rings. The SMILES string of the molecule is Cc1nn(-c2ccc(C(N)=O)c(NC(=O)CCCCC(=O)NO)c2)c2c1C(=O)CC(C)(C)C2. The Kier molecular flexibility index (Phi) is 6.97. The smallest absolute Gasteiger partial charge is 0.250 e. The number of hydroxylamine groups is 1. The van der Waals surface area contributed by atoms with E-state index in [2.05, 4.69) is 10.4 Å². The molecule has 10 nitrogen and oxygen atoms in total. The van der Waals surface area contributed by atoms with Crippen LogP contribution in [0.3, 0.4) is 0 Å². The van der Waals surface area contributed by atoms with E-state index in [1.807, 2.05) is 13.8 Å². The van der Waals surface area contributed by atoms with Crippen molar-refractivity contribution in [2.45, 2.75) is 59.3 Å². The molecule has 1 aromatic heterocycles. The number of ketones is 1. The van der Waals surface area contributed by atoms with Crippen LogP contribution in [-0.2, 0) is 16.0 Å². The summed E-state index contributed by atoms with van der Waals surface area (Å²) >= 11 is 0. The van der Waals surface area contributed by atoms with Crippen LogP contribution in [0.15, 0.2) is 18.2 Å². The summed E-state index contributed by atoms with van der Waals surface area (Å²) in [6, 6.07) is 4.83. The molecular formula is C23H29N5O5. The Morgan fingerprint density at radius 2 is 1.82 bits per heavy atom. The number of nitrogens with zero attached hydrogens (tertiary/aromatic N) is 2. The summed E-state index contributed by atoms with van der Waals surface area (Å²) in [6.07, 6.45) is 2.19. The number of nitrogens with two attached hydrogens (primary N) is 1. The van der Waals surface area contributed by atoms with Crippen LogP contribution >= 0.6 is 0 Å². The van der Waals surface area contributed by atoms with E-state index in [0.29, 0.717) is 42.6 Å². The molecule has 0 radical (unpaired) electrons. The maximum absolute atomic E-state index is 12.7. The number of nitrogens with one attached hydrogen (secondary N) is 2. The quantitative estimate of drug-likeness (QED) is 0.272. The molecule has 10 heteroatoms. The lowest BCUT2D eigenvalue weighted by Crippen LogP contribution is -2.28. The number of rotatable bonds is 8. The van der Waals surface area contributed by atoms with Gasteiger partial charge < -0.3 is 11.1 Å². The maximum atomic E-state index is 12.7. The molecule has 1 aliphatic carbocycles. The Hall–Kier alpha value is -3.53. The van der Waals surface area contributed by atoms with E-state index in [1.165, 1.54) is 6.07 Å². The first-order valence-corrected chi connectivity index (χ1v) is 10.8. The number of hydrogen-bond acceptors (Lipinski definition) is 6. The molecule has 5 N–H and O–H groups in total. The van der Waals surface area contributed by atoms with E-state index >= 15 is 0 Å². The molecule has 0 aliphatic heterocycles. The molecule has 0 bridgehead atoms. The number of unbranched alkanes of at least 4 members (excludes halogenated alkanes) is 1. The second-order valence-electron chi connectivity index (χ2n) is 9.14. The van der Waals surface area contributed by atoms with Crippen molar-refractivity contribution in [1.82, 2.24) is 15.3 Å². The fraction of sp³-hybridized carbons (Fsp3) is 0.435. The number of fused-ring (bicyclic) bond motifs is 1. The molecule has 1 aromatic carbocycles. The fourth-order valence-electron chi connectivity index (χ4n) is 4.18. The average Bonchev–Trinajstić information content (AvgIpc) is 3.05. The number of benzene rings is 1. The van der Waals surface area contributed by atoms with Crippen LogP contribution < -0.4 is 16.5 Å². The third-order valence-electron chi connectivity index (χ3n) is 5.69. The lowest BCUT2D eigenvalue weighted by molar-refractivity contribution is -0.129. The molecule has 0 fully saturated rings. The highest BCUT2D eigenvalue weighted by Gasteiger charge is 2.35. The molecule has 0 saturated heterocycles. The third kappa shape index (κ3) is 5.46. The lowest BCUT2D eigenvalue weighted by Gasteiger charge is -2.29. The van der Waals surface area contributed by atoms with E-state index in [4.69, 9.17) is 10.9 Å². The van der Waals surface area contributed by atoms with E-state index in [1.54, 1.807) is 29.2 Å². The number of Topliss-reactive ketones (excluding diaryl/α,β-unsaturated/α-hetero) is 1. The summed E-state index contributed by atoms with van der Waals surface area (Å²) in [5.74, 6) is -1.48. The van der Waals surface area contributed by atoms with Crippen molar-refractivity contribution in [3.05, 3.63) is 40.7 Å². The number of hydrogen-bond donors (Lipinski definition) is 4. The van der Waals surface area contributed by atoms with Crippen LogP contribution in [-0.4, -0.2) is 38.5 Å². The Bertz CT molecular complexity index is 1120. The number of carbonyl (C=O) groups excluding carboxylic acids is 4. The van der Waals surface area contributed by atoms with Gasteiger partial charge in [-0.25, -0.2) is 10.2 Å². The number of carbonyl (C=O) groups is 4. The molecule has 0 unspecified atom stereocenters. The summed E-state index contributed by atoms with van der Waals surface area (Å²) in [5.41, 5.74) is 9.92. The van der Waals surface area contributed by atoms with Gasteiger partial charge in [0.1, 0.15) is 0 Å². The molecular weight excluding hydrogens is 426 g/mol. The van der Waals surface area contributed by atoms with E-state index in [-0.39, 0.29) is 41.2 Å². The van der Waals surface area contributed by atoms with Crippen molar-refractivity contribution in [3.8, 4) is 5.69 Å². The van der Waals surface area contributed by atoms with Crippen molar-refractivity contribution in [1.29, 1.82) is 0 Å². The maximum Gasteiger partial charge on any atom is 0.250 e. The summed E-state index contributed by atoms with van der Waals surface area (Å²) in [5, 5.41) is 15.8. The highest BCUT2D eigenvalue weighted by Crippen LogP contribution is 2.37. The molecule has 33 heavy (non-hydrogen) atoms. The van der Waals surface area contributed by atoms with Gasteiger partial charge in [0.15, 0.2) is 5.78 Å². The Morgan fingerprint density at radius 3 is 2.45 bits per heavy atom. The van der Waals surface area contributed by atoms with Crippen LogP contribution in [0.25, 0.3) is 5.69 Å². The van der Waals surface area contributed by atoms with E-state index < -0.39 is 11.8 Å². The molecule has 3 rings (SSSR count). The van der Waals surface area contributed by atoms with Gasteiger partial charge in [-0.3, -0.25) is 24.4 Å². The topological polar surface area (TPSA) is 156 Å². The van der Waals surface area contributed by atoms with Crippen LogP contribution in [0.4, 0.5) is 5.69 Å². The predicted octanol–water partition coefficient (Wildman–Crippen LogP) is 2.44. The Balaban J connectivity index is 1.87. The first-order chi connectivity index (χ1) is 15.5. The first kappa shape index (κ1) is 24.1. The molecule has 0 atom stereocenters. The van der Waals surface area contributed by atoms with Gasteiger partial charge >= 0.3 is 0 Å². The van der Waals surface area contributed by atoms with Gasteiger partial charge in [-0.1, -0.05) is 13.8 Å². The van der Waals surface area contributed by atoms with Gasteiger partial charge in [0.05, 0.1) is 33.9 Å². The number of anilines is 1. The predicted molar refractivity (Wildman–Crippen MR) is 120 cm³/mol. The second kappa shape index (κ2) is 9.53. The minimum atomic E-state index is -0.688. The van der Waals surface area contributed by atoms with Crippen molar-refractivity contribution in [2.24, 2.45) is 11.1 Å². The highest BCUT2D eigenvalue weighted by molar-refractivity contribution is 6.03. The summed E-state index contributed by atoms with van der Waals surface area (Å²) < 4.78 is 1.69. The van der Waals surface area contributed by atoms with Crippen molar-refractivity contribution < 1.29 is 24.4 Å². The minimum absolute atomic E-state index is 0.0576. The van der Waals surface area contributed by atoms with Crippen LogP contribution in [0.1, 0.15) is 78.1 Å². The van der Waals surface area contributed by atoms with Gasteiger partial charge in [0.2, 0.25) is 11.8 Å². The van der Waals surface area contributed by atoms with E-state index in [0.717, 1.165) is 5.69 Å². The normalized spacial score (nSPS) is 14.5. The van der Waals surface area contributed by atoms with Gasteiger partial charge in [0.25, 0.3) is 5.91 Å².